The number of ether oxygens (including phenoxy) is 2. The number of hydrogen-bond donors (Lipinski definition) is 1. The van der Waals surface area contributed by atoms with Gasteiger partial charge in [0.05, 0.1) is 19.8 Å². The first-order valence-corrected chi connectivity index (χ1v) is 5.53. The van der Waals surface area contributed by atoms with Crippen molar-refractivity contribution in [3.63, 3.8) is 0 Å². The lowest BCUT2D eigenvalue weighted by molar-refractivity contribution is 0.0126. The van der Waals surface area contributed by atoms with E-state index in [1.807, 2.05) is 19.1 Å². The summed E-state index contributed by atoms with van der Waals surface area (Å²) in [5.74, 6) is 0. The topological polar surface area (TPSA) is 38.7 Å². The van der Waals surface area contributed by atoms with E-state index in [9.17, 15) is 5.11 Å². The number of aryl methyl sites for hydroxylation is 1. The molecule has 0 amide bonds. The number of rotatable bonds is 6. The summed E-state index contributed by atoms with van der Waals surface area (Å²) in [7, 11) is 1.61. The van der Waals surface area contributed by atoms with Gasteiger partial charge in [0.1, 0.15) is 6.10 Å². The van der Waals surface area contributed by atoms with Gasteiger partial charge in [-0.25, -0.2) is 0 Å². The maximum Gasteiger partial charge on any atom is 0.102 e. The highest BCUT2D eigenvalue weighted by molar-refractivity contribution is 6.31. The normalized spacial score (nSPS) is 12.8. The van der Waals surface area contributed by atoms with Crippen molar-refractivity contribution in [3.8, 4) is 0 Å². The van der Waals surface area contributed by atoms with Gasteiger partial charge in [-0.2, -0.15) is 0 Å². The van der Waals surface area contributed by atoms with Crippen molar-refractivity contribution in [1.29, 1.82) is 0 Å². The van der Waals surface area contributed by atoms with Crippen molar-refractivity contribution >= 4 is 11.6 Å². The first kappa shape index (κ1) is 13.5. The molecule has 0 radical (unpaired) electrons. The minimum atomic E-state index is -0.644. The lowest BCUT2D eigenvalue weighted by Crippen LogP contribution is -2.10. The third-order valence-electron chi connectivity index (χ3n) is 2.29. The van der Waals surface area contributed by atoms with Gasteiger partial charge in [0.2, 0.25) is 0 Å². The molecule has 0 heterocycles. The highest BCUT2D eigenvalue weighted by Crippen LogP contribution is 2.21. The molecule has 0 spiro atoms. The molecular formula is C12H17ClO3. The molecule has 0 aromatic heterocycles. The van der Waals surface area contributed by atoms with Crippen LogP contribution in [-0.4, -0.2) is 32.0 Å². The number of hydrogen-bond acceptors (Lipinski definition) is 3. The third-order valence-corrected chi connectivity index (χ3v) is 2.70. The second kappa shape index (κ2) is 6.86. The third kappa shape index (κ3) is 4.10. The fraction of sp³-hybridized carbons (Fsp3) is 0.500. The van der Waals surface area contributed by atoms with Crippen LogP contribution in [0.15, 0.2) is 18.2 Å². The van der Waals surface area contributed by atoms with Crippen molar-refractivity contribution in [3.05, 3.63) is 34.3 Å². The van der Waals surface area contributed by atoms with E-state index < -0.39 is 6.10 Å². The summed E-state index contributed by atoms with van der Waals surface area (Å²) in [5.41, 5.74) is 1.77. The van der Waals surface area contributed by atoms with Gasteiger partial charge in [-0.3, -0.25) is 0 Å². The highest BCUT2D eigenvalue weighted by Gasteiger charge is 2.08. The standard InChI is InChI=1S/C12H17ClO3/c1-9-3-4-10(7-11(9)13)12(14)8-16-6-5-15-2/h3-4,7,12,14H,5-6,8H2,1-2H3. The van der Waals surface area contributed by atoms with E-state index in [1.165, 1.54) is 0 Å². The van der Waals surface area contributed by atoms with Gasteiger partial charge in [-0.15, -0.1) is 0 Å². The quantitative estimate of drug-likeness (QED) is 0.781. The summed E-state index contributed by atoms with van der Waals surface area (Å²) >= 11 is 5.97. The molecule has 0 aliphatic heterocycles. The Kier molecular flexibility index (Phi) is 5.77. The van der Waals surface area contributed by atoms with Crippen LogP contribution in [0.2, 0.25) is 5.02 Å². The molecule has 0 bridgehead atoms. The molecule has 0 aliphatic rings. The number of aliphatic hydroxyl groups is 1. The van der Waals surface area contributed by atoms with Gasteiger partial charge in [-0.1, -0.05) is 23.7 Å². The average molecular weight is 245 g/mol. The maximum absolute atomic E-state index is 9.81. The van der Waals surface area contributed by atoms with Gasteiger partial charge in [0.15, 0.2) is 0 Å². The molecule has 1 unspecified atom stereocenters. The molecule has 16 heavy (non-hydrogen) atoms. The second-order valence-electron chi connectivity index (χ2n) is 3.59. The number of aliphatic hydroxyl groups excluding tert-OH is 1. The Balaban J connectivity index is 2.46. The minimum absolute atomic E-state index is 0.253. The molecule has 0 fully saturated rings. The molecule has 3 nitrogen and oxygen atoms in total. The largest absolute Gasteiger partial charge is 0.386 e. The molecular weight excluding hydrogens is 228 g/mol. The molecule has 1 atom stereocenters. The van der Waals surface area contributed by atoms with E-state index in [2.05, 4.69) is 0 Å². The van der Waals surface area contributed by atoms with Crippen molar-refractivity contribution < 1.29 is 14.6 Å². The van der Waals surface area contributed by atoms with Crippen molar-refractivity contribution in [2.75, 3.05) is 26.9 Å². The fourth-order valence-electron chi connectivity index (χ4n) is 1.25. The molecule has 1 rings (SSSR count). The fourth-order valence-corrected chi connectivity index (χ4v) is 1.44. The predicted molar refractivity (Wildman–Crippen MR) is 63.8 cm³/mol. The Labute approximate surface area is 101 Å². The summed E-state index contributed by atoms with van der Waals surface area (Å²) in [6, 6.07) is 5.50. The van der Waals surface area contributed by atoms with Crippen LogP contribution >= 0.6 is 11.6 Å². The number of benzene rings is 1. The molecule has 1 N–H and O–H groups in total. The Hall–Kier alpha value is -0.610. The van der Waals surface area contributed by atoms with Gasteiger partial charge >= 0.3 is 0 Å². The molecule has 0 saturated heterocycles. The van der Waals surface area contributed by atoms with Gasteiger partial charge < -0.3 is 14.6 Å². The second-order valence-corrected chi connectivity index (χ2v) is 4.00. The molecule has 0 saturated carbocycles. The van der Waals surface area contributed by atoms with Crippen molar-refractivity contribution in [2.24, 2.45) is 0 Å². The molecule has 0 aliphatic carbocycles. The molecule has 1 aromatic carbocycles. The Bertz CT molecular complexity index is 328. The van der Waals surface area contributed by atoms with E-state index in [4.69, 9.17) is 21.1 Å². The van der Waals surface area contributed by atoms with Gasteiger partial charge in [0, 0.05) is 12.1 Å². The highest BCUT2D eigenvalue weighted by atomic mass is 35.5. The summed E-state index contributed by atoms with van der Waals surface area (Å²) in [6.07, 6.45) is -0.644. The summed E-state index contributed by atoms with van der Waals surface area (Å²) in [5, 5.41) is 10.5. The van der Waals surface area contributed by atoms with Crippen molar-refractivity contribution in [1.82, 2.24) is 0 Å². The predicted octanol–water partition coefficient (Wildman–Crippen LogP) is 2.34. The van der Waals surface area contributed by atoms with Gasteiger partial charge in [-0.05, 0) is 24.1 Å². The van der Waals surface area contributed by atoms with Crippen LogP contribution in [0.3, 0.4) is 0 Å². The monoisotopic (exact) mass is 244 g/mol. The van der Waals surface area contributed by atoms with Crippen LogP contribution in [0, 0.1) is 6.92 Å². The molecule has 1 aromatic rings. The van der Waals surface area contributed by atoms with Crippen LogP contribution < -0.4 is 0 Å². The van der Waals surface area contributed by atoms with Crippen LogP contribution in [0.5, 0.6) is 0 Å². The maximum atomic E-state index is 9.81. The first-order valence-electron chi connectivity index (χ1n) is 5.16. The number of halogens is 1. The summed E-state index contributed by atoms with van der Waals surface area (Å²) in [4.78, 5) is 0. The zero-order chi connectivity index (χ0) is 12.0. The van der Waals surface area contributed by atoms with Crippen LogP contribution in [-0.2, 0) is 9.47 Å². The summed E-state index contributed by atoms with van der Waals surface area (Å²) < 4.78 is 10.1. The first-order chi connectivity index (χ1) is 7.65. The van der Waals surface area contributed by atoms with Crippen molar-refractivity contribution in [2.45, 2.75) is 13.0 Å². The number of methoxy groups -OCH3 is 1. The Morgan fingerprint density at radius 1 is 1.38 bits per heavy atom. The Morgan fingerprint density at radius 2 is 2.12 bits per heavy atom. The summed E-state index contributed by atoms with van der Waals surface area (Å²) in [6.45, 7) is 3.19. The molecule has 90 valence electrons. The van der Waals surface area contributed by atoms with E-state index in [0.29, 0.717) is 18.2 Å². The van der Waals surface area contributed by atoms with E-state index in [-0.39, 0.29) is 6.61 Å². The zero-order valence-electron chi connectivity index (χ0n) is 9.57. The van der Waals surface area contributed by atoms with Crippen LogP contribution in [0.25, 0.3) is 0 Å². The smallest absolute Gasteiger partial charge is 0.102 e. The lowest BCUT2D eigenvalue weighted by Gasteiger charge is -2.12. The molecule has 4 heteroatoms. The lowest BCUT2D eigenvalue weighted by atomic mass is 10.1. The van der Waals surface area contributed by atoms with E-state index in [1.54, 1.807) is 13.2 Å². The van der Waals surface area contributed by atoms with Gasteiger partial charge in [0.25, 0.3) is 0 Å². The SMILES string of the molecule is COCCOCC(O)c1ccc(C)c(Cl)c1. The van der Waals surface area contributed by atoms with E-state index >= 15 is 0 Å². The minimum Gasteiger partial charge on any atom is -0.386 e. The van der Waals surface area contributed by atoms with Crippen LogP contribution in [0.1, 0.15) is 17.2 Å². The average Bonchev–Trinajstić information content (AvgIpc) is 2.28. The van der Waals surface area contributed by atoms with Crippen LogP contribution in [0.4, 0.5) is 0 Å². The zero-order valence-corrected chi connectivity index (χ0v) is 10.3. The van der Waals surface area contributed by atoms with E-state index in [0.717, 1.165) is 11.1 Å². The Morgan fingerprint density at radius 3 is 2.75 bits per heavy atom.